The third-order valence-electron chi connectivity index (χ3n) is 1.67. The fraction of sp³-hybridized carbons (Fsp3) is 0.857. The minimum absolute atomic E-state index is 0.502. The van der Waals surface area contributed by atoms with Gasteiger partial charge >= 0.3 is 0 Å². The first-order chi connectivity index (χ1) is 4.66. The van der Waals surface area contributed by atoms with E-state index in [1.165, 1.54) is 0 Å². The lowest BCUT2D eigenvalue weighted by atomic mass is 9.91. The second-order valence-electron chi connectivity index (χ2n) is 3.12. The van der Waals surface area contributed by atoms with Gasteiger partial charge in [-0.1, -0.05) is 6.92 Å². The lowest BCUT2D eigenvalue weighted by Gasteiger charge is -2.22. The van der Waals surface area contributed by atoms with Crippen LogP contribution in [-0.2, 0) is 0 Å². The summed E-state index contributed by atoms with van der Waals surface area (Å²) < 4.78 is 0. The molecule has 0 radical (unpaired) electrons. The number of nitriles is 1. The highest BCUT2D eigenvalue weighted by atomic mass is 15.2. The van der Waals surface area contributed by atoms with Gasteiger partial charge in [0.2, 0.25) is 0 Å². The van der Waals surface area contributed by atoms with Crippen molar-refractivity contribution in [3.05, 3.63) is 0 Å². The Morgan fingerprint density at radius 3 is 2.80 bits per heavy atom. The summed E-state index contributed by atoms with van der Waals surface area (Å²) in [7, 11) is 0. The van der Waals surface area contributed by atoms with Crippen LogP contribution in [0.2, 0.25) is 0 Å². The molecule has 0 N–H and O–H groups in total. The van der Waals surface area contributed by atoms with Crippen molar-refractivity contribution in [2.75, 3.05) is 6.54 Å². The van der Waals surface area contributed by atoms with Crippen molar-refractivity contribution in [1.29, 1.82) is 5.26 Å². The van der Waals surface area contributed by atoms with E-state index >= 15 is 0 Å². The van der Waals surface area contributed by atoms with Crippen molar-refractivity contribution < 1.29 is 0 Å². The van der Waals surface area contributed by atoms with Gasteiger partial charge < -0.3 is 0 Å². The van der Waals surface area contributed by atoms with Gasteiger partial charge in [0.15, 0.2) is 5.54 Å². The molecule has 1 aliphatic heterocycles. The summed E-state index contributed by atoms with van der Waals surface area (Å²) in [4.78, 5) is 0. The Balaban J connectivity index is 2.73. The molecule has 54 valence electrons. The summed E-state index contributed by atoms with van der Waals surface area (Å²) in [5.41, 5.74) is -0.544. The van der Waals surface area contributed by atoms with Crippen molar-refractivity contribution >= 4 is 0 Å². The number of hydrogen-bond acceptors (Lipinski definition) is 3. The van der Waals surface area contributed by atoms with Crippen LogP contribution < -0.4 is 0 Å². The minimum Gasteiger partial charge on any atom is -0.196 e. The summed E-state index contributed by atoms with van der Waals surface area (Å²) in [5, 5.41) is 16.4. The van der Waals surface area contributed by atoms with E-state index in [1.54, 1.807) is 0 Å². The van der Waals surface area contributed by atoms with Gasteiger partial charge in [-0.3, -0.25) is 0 Å². The van der Waals surface area contributed by atoms with E-state index in [-0.39, 0.29) is 0 Å². The summed E-state index contributed by atoms with van der Waals surface area (Å²) in [6.07, 6.45) is 0.840. The Hall–Kier alpha value is -0.910. The van der Waals surface area contributed by atoms with E-state index < -0.39 is 5.54 Å². The molecule has 1 aliphatic rings. The van der Waals surface area contributed by atoms with Crippen LogP contribution in [0.3, 0.4) is 0 Å². The largest absolute Gasteiger partial charge is 0.196 e. The quantitative estimate of drug-likeness (QED) is 0.501. The van der Waals surface area contributed by atoms with Crippen LogP contribution >= 0.6 is 0 Å². The molecule has 0 saturated heterocycles. The Kier molecular flexibility index (Phi) is 1.71. The monoisotopic (exact) mass is 137 g/mol. The van der Waals surface area contributed by atoms with Crippen LogP contribution in [-0.4, -0.2) is 12.1 Å². The molecule has 1 heterocycles. The molecule has 3 heteroatoms. The van der Waals surface area contributed by atoms with Crippen LogP contribution in [0.1, 0.15) is 20.3 Å². The molecule has 0 amide bonds. The van der Waals surface area contributed by atoms with Crippen molar-refractivity contribution in [2.24, 2.45) is 16.1 Å². The average Bonchev–Trinajstić information content (AvgIpc) is 1.88. The fourth-order valence-corrected chi connectivity index (χ4v) is 1.19. The third-order valence-corrected chi connectivity index (χ3v) is 1.67. The highest BCUT2D eigenvalue weighted by molar-refractivity contribution is 5.05. The zero-order valence-corrected chi connectivity index (χ0v) is 6.33. The predicted molar refractivity (Wildman–Crippen MR) is 37.5 cm³/mol. The number of hydrogen-bond donors (Lipinski definition) is 0. The van der Waals surface area contributed by atoms with E-state index in [0.717, 1.165) is 13.0 Å². The Bertz CT molecular complexity index is 192. The van der Waals surface area contributed by atoms with Gasteiger partial charge in [-0.15, -0.1) is 0 Å². The molecule has 2 atom stereocenters. The lowest BCUT2D eigenvalue weighted by molar-refractivity contribution is 0.367. The summed E-state index contributed by atoms with van der Waals surface area (Å²) in [6.45, 7) is 4.69. The van der Waals surface area contributed by atoms with E-state index in [9.17, 15) is 0 Å². The smallest absolute Gasteiger partial charge is 0.165 e. The molecule has 0 bridgehead atoms. The van der Waals surface area contributed by atoms with Crippen LogP contribution in [0.25, 0.3) is 0 Å². The first kappa shape index (κ1) is 7.20. The first-order valence-corrected chi connectivity index (χ1v) is 3.46. The number of nitrogens with zero attached hydrogens (tertiary/aromatic N) is 3. The standard InChI is InChI=1S/C7H11N3/c1-6-3-7(2,5-8)10-9-4-6/h6H,3-4H2,1-2H3. The Morgan fingerprint density at radius 2 is 2.40 bits per heavy atom. The molecule has 0 fully saturated rings. The van der Waals surface area contributed by atoms with Crippen molar-refractivity contribution in [3.8, 4) is 6.07 Å². The molecule has 3 nitrogen and oxygen atoms in total. The maximum Gasteiger partial charge on any atom is 0.165 e. The summed E-state index contributed by atoms with van der Waals surface area (Å²) in [6, 6.07) is 2.15. The summed E-state index contributed by atoms with van der Waals surface area (Å²) >= 11 is 0. The first-order valence-electron chi connectivity index (χ1n) is 3.46. The van der Waals surface area contributed by atoms with Crippen LogP contribution in [0.5, 0.6) is 0 Å². The van der Waals surface area contributed by atoms with Crippen LogP contribution in [0.15, 0.2) is 10.2 Å². The molecule has 0 aromatic heterocycles. The molecular formula is C7H11N3. The molecule has 0 spiro atoms. The molecule has 0 aliphatic carbocycles. The second-order valence-corrected chi connectivity index (χ2v) is 3.12. The van der Waals surface area contributed by atoms with E-state index in [0.29, 0.717) is 5.92 Å². The SMILES string of the molecule is CC1CN=NC(C)(C#N)C1. The van der Waals surface area contributed by atoms with Gasteiger partial charge in [0.05, 0.1) is 12.6 Å². The van der Waals surface area contributed by atoms with Gasteiger partial charge in [0.25, 0.3) is 0 Å². The number of rotatable bonds is 0. The molecule has 2 unspecified atom stereocenters. The highest BCUT2D eigenvalue weighted by Gasteiger charge is 2.28. The average molecular weight is 137 g/mol. The van der Waals surface area contributed by atoms with Crippen LogP contribution in [0.4, 0.5) is 0 Å². The van der Waals surface area contributed by atoms with E-state index in [4.69, 9.17) is 5.26 Å². The Morgan fingerprint density at radius 1 is 1.70 bits per heavy atom. The zero-order chi connectivity index (χ0) is 7.61. The normalized spacial score (nSPS) is 39.1. The van der Waals surface area contributed by atoms with Gasteiger partial charge in [-0.05, 0) is 19.3 Å². The second kappa shape index (κ2) is 2.37. The van der Waals surface area contributed by atoms with Crippen molar-refractivity contribution in [2.45, 2.75) is 25.8 Å². The van der Waals surface area contributed by atoms with Gasteiger partial charge in [0.1, 0.15) is 0 Å². The Labute approximate surface area is 60.8 Å². The molecule has 0 saturated carbocycles. The lowest BCUT2D eigenvalue weighted by Crippen LogP contribution is -2.26. The molecular weight excluding hydrogens is 126 g/mol. The maximum absolute atomic E-state index is 8.66. The minimum atomic E-state index is -0.544. The van der Waals surface area contributed by atoms with Crippen molar-refractivity contribution in [3.63, 3.8) is 0 Å². The molecule has 0 aromatic carbocycles. The summed E-state index contributed by atoms with van der Waals surface area (Å²) in [5.74, 6) is 0.502. The predicted octanol–water partition coefficient (Wildman–Crippen LogP) is 1.76. The maximum atomic E-state index is 8.66. The highest BCUT2D eigenvalue weighted by Crippen LogP contribution is 2.24. The molecule has 1 rings (SSSR count). The van der Waals surface area contributed by atoms with Gasteiger partial charge in [0, 0.05) is 0 Å². The third kappa shape index (κ3) is 1.32. The van der Waals surface area contributed by atoms with Crippen molar-refractivity contribution in [1.82, 2.24) is 0 Å². The fourth-order valence-electron chi connectivity index (χ4n) is 1.19. The van der Waals surface area contributed by atoms with Gasteiger partial charge in [-0.2, -0.15) is 15.5 Å². The number of azo groups is 1. The molecule has 10 heavy (non-hydrogen) atoms. The van der Waals surface area contributed by atoms with Gasteiger partial charge in [-0.25, -0.2) is 0 Å². The topological polar surface area (TPSA) is 48.5 Å². The van der Waals surface area contributed by atoms with E-state index in [1.807, 2.05) is 6.92 Å². The zero-order valence-electron chi connectivity index (χ0n) is 6.33. The van der Waals surface area contributed by atoms with Crippen LogP contribution in [0, 0.1) is 17.2 Å². The molecule has 0 aromatic rings. The van der Waals surface area contributed by atoms with E-state index in [2.05, 4.69) is 23.2 Å².